The van der Waals surface area contributed by atoms with Crippen molar-refractivity contribution in [3.05, 3.63) is 34.9 Å². The Morgan fingerprint density at radius 2 is 1.82 bits per heavy atom. The van der Waals surface area contributed by atoms with E-state index in [-0.39, 0.29) is 18.9 Å². The van der Waals surface area contributed by atoms with Crippen molar-refractivity contribution in [3.8, 4) is 0 Å². The van der Waals surface area contributed by atoms with Crippen LogP contribution in [-0.4, -0.2) is 24.1 Å². The smallest absolute Gasteiger partial charge is 0.407 e. The fraction of sp³-hybridized carbons (Fsp3) is 0.529. The maximum absolute atomic E-state index is 11.8. The molecule has 0 aliphatic rings. The SMILES string of the molecule is Cc1ccc(CNC(=O)CCNC(=O)OC(C)(C)C)c(C)c1. The zero-order chi connectivity index (χ0) is 16.8. The number of hydrogen-bond donors (Lipinski definition) is 2. The molecule has 1 aromatic carbocycles. The van der Waals surface area contributed by atoms with E-state index in [0.717, 1.165) is 11.1 Å². The van der Waals surface area contributed by atoms with Crippen molar-refractivity contribution in [1.82, 2.24) is 10.6 Å². The molecule has 0 atom stereocenters. The van der Waals surface area contributed by atoms with Crippen LogP contribution >= 0.6 is 0 Å². The lowest BCUT2D eigenvalue weighted by Crippen LogP contribution is -2.35. The molecule has 0 heterocycles. The van der Waals surface area contributed by atoms with E-state index in [2.05, 4.69) is 16.7 Å². The van der Waals surface area contributed by atoms with Gasteiger partial charge >= 0.3 is 6.09 Å². The van der Waals surface area contributed by atoms with Crippen LogP contribution in [0.5, 0.6) is 0 Å². The molecule has 0 radical (unpaired) electrons. The van der Waals surface area contributed by atoms with E-state index >= 15 is 0 Å². The summed E-state index contributed by atoms with van der Waals surface area (Å²) in [7, 11) is 0. The largest absolute Gasteiger partial charge is 0.444 e. The molecular weight excluding hydrogens is 280 g/mol. The molecule has 0 bridgehead atoms. The highest BCUT2D eigenvalue weighted by Crippen LogP contribution is 2.10. The van der Waals surface area contributed by atoms with Crippen molar-refractivity contribution >= 4 is 12.0 Å². The van der Waals surface area contributed by atoms with E-state index < -0.39 is 11.7 Å². The Kier molecular flexibility index (Phi) is 6.40. The lowest BCUT2D eigenvalue weighted by molar-refractivity contribution is -0.121. The second-order valence-corrected chi connectivity index (χ2v) is 6.39. The van der Waals surface area contributed by atoms with E-state index in [1.807, 2.05) is 26.0 Å². The molecule has 0 spiro atoms. The van der Waals surface area contributed by atoms with Gasteiger partial charge < -0.3 is 15.4 Å². The van der Waals surface area contributed by atoms with Crippen molar-refractivity contribution in [2.75, 3.05) is 6.54 Å². The quantitative estimate of drug-likeness (QED) is 0.879. The number of carbonyl (C=O) groups excluding carboxylic acids is 2. The number of alkyl carbamates (subject to hydrolysis) is 1. The third-order valence-electron chi connectivity index (χ3n) is 2.99. The number of rotatable bonds is 5. The van der Waals surface area contributed by atoms with Crippen LogP contribution in [0.25, 0.3) is 0 Å². The summed E-state index contributed by atoms with van der Waals surface area (Å²) in [5.41, 5.74) is 2.93. The molecule has 2 N–H and O–H groups in total. The van der Waals surface area contributed by atoms with Crippen molar-refractivity contribution in [1.29, 1.82) is 0 Å². The summed E-state index contributed by atoms with van der Waals surface area (Å²) in [6.07, 6.45) is -0.279. The van der Waals surface area contributed by atoms with Gasteiger partial charge in [-0.3, -0.25) is 4.79 Å². The predicted octanol–water partition coefficient (Wildman–Crippen LogP) is 2.83. The molecule has 122 valence electrons. The molecule has 0 aromatic heterocycles. The fourth-order valence-corrected chi connectivity index (χ4v) is 1.92. The van der Waals surface area contributed by atoms with E-state index in [1.165, 1.54) is 5.56 Å². The second kappa shape index (κ2) is 7.82. The summed E-state index contributed by atoms with van der Waals surface area (Å²) >= 11 is 0. The average Bonchev–Trinajstić information content (AvgIpc) is 2.35. The minimum atomic E-state index is -0.532. The normalized spacial score (nSPS) is 11.0. The Balaban J connectivity index is 2.28. The van der Waals surface area contributed by atoms with E-state index in [1.54, 1.807) is 20.8 Å². The zero-order valence-corrected chi connectivity index (χ0v) is 14.1. The van der Waals surface area contributed by atoms with Crippen molar-refractivity contribution in [3.63, 3.8) is 0 Å². The molecule has 2 amide bonds. The van der Waals surface area contributed by atoms with Crippen molar-refractivity contribution in [2.24, 2.45) is 0 Å². The highest BCUT2D eigenvalue weighted by molar-refractivity contribution is 5.77. The number of hydrogen-bond acceptors (Lipinski definition) is 3. The molecule has 5 heteroatoms. The molecule has 0 saturated heterocycles. The monoisotopic (exact) mass is 306 g/mol. The van der Waals surface area contributed by atoms with E-state index in [0.29, 0.717) is 6.54 Å². The van der Waals surface area contributed by atoms with Gasteiger partial charge in [0.15, 0.2) is 0 Å². The van der Waals surface area contributed by atoms with Gasteiger partial charge in [0.2, 0.25) is 5.91 Å². The first-order chi connectivity index (χ1) is 10.2. The fourth-order valence-electron chi connectivity index (χ4n) is 1.92. The summed E-state index contributed by atoms with van der Waals surface area (Å²) in [5.74, 6) is -0.101. The molecule has 22 heavy (non-hydrogen) atoms. The molecule has 0 saturated carbocycles. The predicted molar refractivity (Wildman–Crippen MR) is 86.6 cm³/mol. The Morgan fingerprint density at radius 1 is 1.14 bits per heavy atom. The van der Waals surface area contributed by atoms with Crippen LogP contribution in [0, 0.1) is 13.8 Å². The molecule has 0 unspecified atom stereocenters. The molecule has 0 aliphatic carbocycles. The molecule has 0 fully saturated rings. The van der Waals surface area contributed by atoms with Gasteiger partial charge in [0.1, 0.15) is 5.60 Å². The summed E-state index contributed by atoms with van der Waals surface area (Å²) in [5, 5.41) is 5.42. The van der Waals surface area contributed by atoms with Gasteiger partial charge in [0.25, 0.3) is 0 Å². The van der Waals surface area contributed by atoms with Gasteiger partial charge in [-0.05, 0) is 45.7 Å². The maximum atomic E-state index is 11.8. The van der Waals surface area contributed by atoms with Gasteiger partial charge in [0, 0.05) is 19.5 Å². The van der Waals surface area contributed by atoms with E-state index in [9.17, 15) is 9.59 Å². The lowest BCUT2D eigenvalue weighted by Gasteiger charge is -2.19. The van der Waals surface area contributed by atoms with Crippen LogP contribution < -0.4 is 10.6 Å². The topological polar surface area (TPSA) is 67.4 Å². The summed E-state index contributed by atoms with van der Waals surface area (Å²) < 4.78 is 5.09. The lowest BCUT2D eigenvalue weighted by atomic mass is 10.1. The van der Waals surface area contributed by atoms with Crippen LogP contribution in [0.2, 0.25) is 0 Å². The molecule has 5 nitrogen and oxygen atoms in total. The average molecular weight is 306 g/mol. The van der Waals surface area contributed by atoms with Crippen LogP contribution in [0.15, 0.2) is 18.2 Å². The minimum Gasteiger partial charge on any atom is -0.444 e. The van der Waals surface area contributed by atoms with E-state index in [4.69, 9.17) is 4.74 Å². The van der Waals surface area contributed by atoms with Crippen LogP contribution in [0.3, 0.4) is 0 Å². The summed E-state index contributed by atoms with van der Waals surface area (Å²) in [6.45, 7) is 10.2. The first-order valence-electron chi connectivity index (χ1n) is 7.47. The summed E-state index contributed by atoms with van der Waals surface area (Å²) in [6, 6.07) is 6.13. The van der Waals surface area contributed by atoms with Gasteiger partial charge in [-0.25, -0.2) is 4.79 Å². The Hall–Kier alpha value is -2.04. The van der Waals surface area contributed by atoms with Crippen molar-refractivity contribution in [2.45, 2.75) is 53.2 Å². The third kappa shape index (κ3) is 7.11. The van der Waals surface area contributed by atoms with Crippen LogP contribution in [0.4, 0.5) is 4.79 Å². The Labute approximate surface area is 132 Å². The summed E-state index contributed by atoms with van der Waals surface area (Å²) in [4.78, 5) is 23.2. The highest BCUT2D eigenvalue weighted by Gasteiger charge is 2.15. The number of ether oxygens (including phenoxy) is 1. The number of carbonyl (C=O) groups is 2. The molecular formula is C17H26N2O3. The zero-order valence-electron chi connectivity index (χ0n) is 14.1. The molecule has 0 aliphatic heterocycles. The van der Waals surface area contributed by atoms with Gasteiger partial charge in [-0.1, -0.05) is 23.8 Å². The number of benzene rings is 1. The molecule has 1 rings (SSSR count). The minimum absolute atomic E-state index is 0.101. The highest BCUT2D eigenvalue weighted by atomic mass is 16.6. The Bertz CT molecular complexity index is 533. The van der Waals surface area contributed by atoms with Crippen LogP contribution in [-0.2, 0) is 16.1 Å². The number of nitrogens with one attached hydrogen (secondary N) is 2. The second-order valence-electron chi connectivity index (χ2n) is 6.39. The third-order valence-corrected chi connectivity index (χ3v) is 2.99. The van der Waals surface area contributed by atoms with Crippen molar-refractivity contribution < 1.29 is 14.3 Å². The van der Waals surface area contributed by atoms with Gasteiger partial charge in [0.05, 0.1) is 0 Å². The van der Waals surface area contributed by atoms with Gasteiger partial charge in [-0.2, -0.15) is 0 Å². The molecule has 1 aromatic rings. The first-order valence-corrected chi connectivity index (χ1v) is 7.47. The van der Waals surface area contributed by atoms with Gasteiger partial charge in [-0.15, -0.1) is 0 Å². The Morgan fingerprint density at radius 3 is 2.41 bits per heavy atom. The maximum Gasteiger partial charge on any atom is 0.407 e. The number of amides is 2. The number of aryl methyl sites for hydroxylation is 2. The standard InChI is InChI=1S/C17H26N2O3/c1-12-6-7-14(13(2)10-12)11-19-15(20)8-9-18-16(21)22-17(3,4)5/h6-7,10H,8-9,11H2,1-5H3,(H,18,21)(H,19,20). The van der Waals surface area contributed by atoms with Crippen LogP contribution in [0.1, 0.15) is 43.9 Å². The first kappa shape index (κ1) is 18.0.